The van der Waals surface area contributed by atoms with Gasteiger partial charge in [0.05, 0.1) is 0 Å². The Hall–Kier alpha value is -1.16. The molecule has 0 bridgehead atoms. The minimum atomic E-state index is -1.22. The summed E-state index contributed by atoms with van der Waals surface area (Å²) in [4.78, 5) is 11.4. The Morgan fingerprint density at radius 3 is 2.71 bits per heavy atom. The molecule has 0 saturated heterocycles. The first-order valence-electron chi connectivity index (χ1n) is 4.64. The first-order valence-corrected chi connectivity index (χ1v) is 4.64. The normalized spacial score (nSPS) is 11.7. The SMILES string of the molecule is Cn1nccc1CCC(=O)C(C)(C)O. The molecule has 78 valence electrons. The van der Waals surface area contributed by atoms with Crippen molar-refractivity contribution in [3.63, 3.8) is 0 Å². The molecule has 0 spiro atoms. The predicted molar refractivity (Wildman–Crippen MR) is 52.8 cm³/mol. The van der Waals surface area contributed by atoms with Gasteiger partial charge in [0, 0.05) is 25.4 Å². The third-order valence-corrected chi connectivity index (χ3v) is 2.21. The third kappa shape index (κ3) is 2.67. The molecule has 0 fully saturated rings. The number of carbonyl (C=O) groups is 1. The van der Waals surface area contributed by atoms with Crippen LogP contribution in [0.3, 0.4) is 0 Å². The van der Waals surface area contributed by atoms with Crippen molar-refractivity contribution in [1.29, 1.82) is 0 Å². The van der Waals surface area contributed by atoms with E-state index in [0.717, 1.165) is 5.69 Å². The Morgan fingerprint density at radius 2 is 2.29 bits per heavy atom. The smallest absolute Gasteiger partial charge is 0.164 e. The van der Waals surface area contributed by atoms with Gasteiger partial charge in [-0.15, -0.1) is 0 Å². The number of hydrogen-bond donors (Lipinski definition) is 1. The molecule has 1 rings (SSSR count). The fourth-order valence-electron chi connectivity index (χ4n) is 1.19. The van der Waals surface area contributed by atoms with E-state index >= 15 is 0 Å². The van der Waals surface area contributed by atoms with Gasteiger partial charge in [-0.25, -0.2) is 0 Å². The van der Waals surface area contributed by atoms with Crippen molar-refractivity contribution in [2.24, 2.45) is 7.05 Å². The van der Waals surface area contributed by atoms with Crippen LogP contribution in [-0.4, -0.2) is 26.3 Å². The average Bonchev–Trinajstić information content (AvgIpc) is 2.45. The summed E-state index contributed by atoms with van der Waals surface area (Å²) in [6.45, 7) is 3.02. The maximum absolute atomic E-state index is 11.4. The molecule has 0 aliphatic rings. The van der Waals surface area contributed by atoms with Gasteiger partial charge in [-0.3, -0.25) is 9.48 Å². The first-order chi connectivity index (χ1) is 6.41. The number of aliphatic hydroxyl groups is 1. The molecule has 4 heteroatoms. The lowest BCUT2D eigenvalue weighted by atomic mass is 9.99. The number of nitrogens with zero attached hydrogens (tertiary/aromatic N) is 2. The molecule has 4 nitrogen and oxygen atoms in total. The maximum Gasteiger partial charge on any atom is 0.164 e. The van der Waals surface area contributed by atoms with Crippen LogP contribution in [-0.2, 0) is 18.3 Å². The molecule has 1 N–H and O–H groups in total. The van der Waals surface area contributed by atoms with Crippen molar-refractivity contribution < 1.29 is 9.90 Å². The first kappa shape index (κ1) is 10.9. The lowest BCUT2D eigenvalue weighted by Gasteiger charge is -2.14. The van der Waals surface area contributed by atoms with Gasteiger partial charge in [-0.2, -0.15) is 5.10 Å². The predicted octanol–water partition coefficient (Wildman–Crippen LogP) is 0.693. The van der Waals surface area contributed by atoms with Crippen LogP contribution in [0.1, 0.15) is 26.0 Å². The van der Waals surface area contributed by atoms with E-state index in [1.54, 1.807) is 10.9 Å². The van der Waals surface area contributed by atoms with Crippen LogP contribution in [0.2, 0.25) is 0 Å². The lowest BCUT2D eigenvalue weighted by molar-refractivity contribution is -0.134. The van der Waals surface area contributed by atoms with Crippen molar-refractivity contribution in [2.45, 2.75) is 32.3 Å². The molecule has 0 aliphatic carbocycles. The summed E-state index contributed by atoms with van der Waals surface area (Å²) < 4.78 is 1.73. The summed E-state index contributed by atoms with van der Waals surface area (Å²) in [7, 11) is 1.84. The van der Waals surface area contributed by atoms with Crippen LogP contribution in [0.5, 0.6) is 0 Å². The van der Waals surface area contributed by atoms with E-state index in [1.807, 2.05) is 13.1 Å². The van der Waals surface area contributed by atoms with Crippen molar-refractivity contribution in [1.82, 2.24) is 9.78 Å². The van der Waals surface area contributed by atoms with Gasteiger partial charge >= 0.3 is 0 Å². The summed E-state index contributed by atoms with van der Waals surface area (Å²) in [5.41, 5.74) is -0.221. The van der Waals surface area contributed by atoms with E-state index in [4.69, 9.17) is 0 Å². The van der Waals surface area contributed by atoms with Gasteiger partial charge in [0.25, 0.3) is 0 Å². The molecule has 0 saturated carbocycles. The van der Waals surface area contributed by atoms with E-state index in [2.05, 4.69) is 5.10 Å². The van der Waals surface area contributed by atoms with Crippen LogP contribution in [0.15, 0.2) is 12.3 Å². The van der Waals surface area contributed by atoms with E-state index in [1.165, 1.54) is 13.8 Å². The molecular weight excluding hydrogens is 180 g/mol. The summed E-state index contributed by atoms with van der Waals surface area (Å²) in [5, 5.41) is 13.4. The Balaban J connectivity index is 2.50. The molecule has 0 unspecified atom stereocenters. The number of rotatable bonds is 4. The number of hydrogen-bond acceptors (Lipinski definition) is 3. The van der Waals surface area contributed by atoms with Crippen molar-refractivity contribution in [3.05, 3.63) is 18.0 Å². The van der Waals surface area contributed by atoms with Crippen LogP contribution in [0, 0.1) is 0 Å². The van der Waals surface area contributed by atoms with Gasteiger partial charge in [0.2, 0.25) is 0 Å². The standard InChI is InChI=1S/C10H16N2O2/c1-10(2,14)9(13)5-4-8-6-7-11-12(8)3/h6-7,14H,4-5H2,1-3H3. The second-order valence-electron chi connectivity index (χ2n) is 3.93. The highest BCUT2D eigenvalue weighted by Gasteiger charge is 2.22. The largest absolute Gasteiger partial charge is 0.383 e. The molecule has 0 aliphatic heterocycles. The van der Waals surface area contributed by atoms with Crippen LogP contribution in [0.25, 0.3) is 0 Å². The zero-order chi connectivity index (χ0) is 10.8. The summed E-state index contributed by atoms with van der Waals surface area (Å²) in [6, 6.07) is 1.87. The topological polar surface area (TPSA) is 55.1 Å². The fourth-order valence-corrected chi connectivity index (χ4v) is 1.19. The van der Waals surface area contributed by atoms with E-state index in [9.17, 15) is 9.90 Å². The van der Waals surface area contributed by atoms with Gasteiger partial charge in [-0.1, -0.05) is 0 Å². The van der Waals surface area contributed by atoms with Crippen LogP contribution < -0.4 is 0 Å². The second kappa shape index (κ2) is 3.92. The quantitative estimate of drug-likeness (QED) is 0.771. The zero-order valence-electron chi connectivity index (χ0n) is 8.82. The number of carbonyl (C=O) groups excluding carboxylic acids is 1. The van der Waals surface area contributed by atoms with Gasteiger partial charge in [-0.05, 0) is 26.3 Å². The number of ketones is 1. The molecule has 1 aromatic heterocycles. The highest BCUT2D eigenvalue weighted by atomic mass is 16.3. The van der Waals surface area contributed by atoms with Gasteiger partial charge < -0.3 is 5.11 Å². The molecule has 14 heavy (non-hydrogen) atoms. The van der Waals surface area contributed by atoms with E-state index < -0.39 is 5.60 Å². The molecule has 0 amide bonds. The Kier molecular flexibility index (Phi) is 3.06. The Morgan fingerprint density at radius 1 is 1.64 bits per heavy atom. The lowest BCUT2D eigenvalue weighted by Crippen LogP contribution is -2.31. The van der Waals surface area contributed by atoms with Crippen LogP contribution in [0.4, 0.5) is 0 Å². The van der Waals surface area contributed by atoms with Gasteiger partial charge in [0.15, 0.2) is 5.78 Å². The highest BCUT2D eigenvalue weighted by Crippen LogP contribution is 2.09. The third-order valence-electron chi connectivity index (χ3n) is 2.21. The van der Waals surface area contributed by atoms with Crippen molar-refractivity contribution in [2.75, 3.05) is 0 Å². The number of Topliss-reactive ketones (excluding diaryl/α,β-unsaturated/α-hetero) is 1. The van der Waals surface area contributed by atoms with E-state index in [0.29, 0.717) is 12.8 Å². The Bertz CT molecular complexity index is 323. The van der Waals surface area contributed by atoms with E-state index in [-0.39, 0.29) is 5.78 Å². The molecule has 1 aromatic rings. The summed E-state index contributed by atoms with van der Waals surface area (Å²) in [5.74, 6) is -0.140. The van der Waals surface area contributed by atoms with Gasteiger partial charge in [0.1, 0.15) is 5.60 Å². The highest BCUT2D eigenvalue weighted by molar-refractivity contribution is 5.86. The zero-order valence-corrected chi connectivity index (χ0v) is 8.82. The van der Waals surface area contributed by atoms with Crippen LogP contribution >= 0.6 is 0 Å². The summed E-state index contributed by atoms with van der Waals surface area (Å²) in [6.07, 6.45) is 2.67. The molecule has 0 atom stereocenters. The maximum atomic E-state index is 11.4. The monoisotopic (exact) mass is 196 g/mol. The molecule has 0 radical (unpaired) electrons. The fraction of sp³-hybridized carbons (Fsp3) is 0.600. The molecule has 1 heterocycles. The second-order valence-corrected chi connectivity index (χ2v) is 3.93. The molecule has 0 aromatic carbocycles. The Labute approximate surface area is 83.5 Å². The summed E-state index contributed by atoms with van der Waals surface area (Å²) >= 11 is 0. The average molecular weight is 196 g/mol. The minimum Gasteiger partial charge on any atom is -0.383 e. The molecular formula is C10H16N2O2. The van der Waals surface area contributed by atoms with Crippen molar-refractivity contribution in [3.8, 4) is 0 Å². The minimum absolute atomic E-state index is 0.140. The number of aryl methyl sites for hydroxylation is 2. The van der Waals surface area contributed by atoms with Crippen molar-refractivity contribution >= 4 is 5.78 Å². The number of aromatic nitrogens is 2.